The Morgan fingerprint density at radius 1 is 0.912 bits per heavy atom. The summed E-state index contributed by atoms with van der Waals surface area (Å²) >= 11 is 0. The number of anilines is 2. The van der Waals surface area contributed by atoms with Gasteiger partial charge in [0.05, 0.1) is 22.8 Å². The molecule has 0 fully saturated rings. The van der Waals surface area contributed by atoms with Crippen LogP contribution in [-0.4, -0.2) is 33.4 Å². The number of rotatable bonds is 8. The first-order valence-electron chi connectivity index (χ1n) is 10.9. The lowest BCUT2D eigenvalue weighted by atomic mass is 10.1. The summed E-state index contributed by atoms with van der Waals surface area (Å²) in [7, 11) is -4.02. The largest absolute Gasteiger partial charge is 0.462 e. The van der Waals surface area contributed by atoms with E-state index in [0.717, 1.165) is 15.4 Å². The molecule has 0 aliphatic carbocycles. The van der Waals surface area contributed by atoms with Crippen LogP contribution < -0.4 is 9.62 Å². The fourth-order valence-electron chi connectivity index (χ4n) is 3.65. The van der Waals surface area contributed by atoms with Crippen molar-refractivity contribution < 1.29 is 22.7 Å². The molecule has 3 rings (SSSR count). The normalized spacial score (nSPS) is 11.1. The van der Waals surface area contributed by atoms with Crippen LogP contribution in [0.15, 0.2) is 71.6 Å². The van der Waals surface area contributed by atoms with E-state index >= 15 is 0 Å². The van der Waals surface area contributed by atoms with Gasteiger partial charge in [0.25, 0.3) is 10.0 Å². The zero-order chi connectivity index (χ0) is 24.9. The van der Waals surface area contributed by atoms with E-state index in [-0.39, 0.29) is 11.5 Å². The molecule has 0 bridgehead atoms. The van der Waals surface area contributed by atoms with Crippen molar-refractivity contribution in [3.63, 3.8) is 0 Å². The summed E-state index contributed by atoms with van der Waals surface area (Å²) in [5.41, 5.74) is 3.44. The molecule has 0 heterocycles. The van der Waals surface area contributed by atoms with Gasteiger partial charge in [-0.25, -0.2) is 13.2 Å². The lowest BCUT2D eigenvalue weighted by molar-refractivity contribution is -0.114. The van der Waals surface area contributed by atoms with Crippen LogP contribution in [0.25, 0.3) is 0 Å². The summed E-state index contributed by atoms with van der Waals surface area (Å²) in [6.07, 6.45) is 0. The summed E-state index contributed by atoms with van der Waals surface area (Å²) in [4.78, 5) is 25.4. The molecule has 0 aliphatic rings. The molecule has 0 radical (unpaired) electrons. The lowest BCUT2D eigenvalue weighted by Crippen LogP contribution is -2.38. The molecule has 1 amide bonds. The van der Waals surface area contributed by atoms with Crippen molar-refractivity contribution in [2.45, 2.75) is 32.6 Å². The molecular weight excluding hydrogens is 452 g/mol. The third kappa shape index (κ3) is 5.63. The summed E-state index contributed by atoms with van der Waals surface area (Å²) in [6, 6.07) is 18.3. The summed E-state index contributed by atoms with van der Waals surface area (Å²) in [5.74, 6) is -1.03. The van der Waals surface area contributed by atoms with Crippen molar-refractivity contribution in [3.8, 4) is 0 Å². The van der Waals surface area contributed by atoms with Gasteiger partial charge in [-0.3, -0.25) is 9.10 Å². The Kier molecular flexibility index (Phi) is 7.73. The number of carbonyl (C=O) groups excluding carboxylic acids is 2. The summed E-state index contributed by atoms with van der Waals surface area (Å²) in [6.45, 7) is 6.94. The Bertz CT molecular complexity index is 1280. The van der Waals surface area contributed by atoms with E-state index in [4.69, 9.17) is 4.74 Å². The van der Waals surface area contributed by atoms with Gasteiger partial charge in [-0.2, -0.15) is 0 Å². The maximum Gasteiger partial charge on any atom is 0.338 e. The zero-order valence-electron chi connectivity index (χ0n) is 19.7. The number of nitrogens with zero attached hydrogens (tertiary/aromatic N) is 1. The van der Waals surface area contributed by atoms with Crippen molar-refractivity contribution >= 4 is 33.3 Å². The van der Waals surface area contributed by atoms with Gasteiger partial charge in [0.15, 0.2) is 0 Å². The Balaban J connectivity index is 1.96. The molecule has 1 N–H and O–H groups in total. The van der Waals surface area contributed by atoms with E-state index in [2.05, 4.69) is 5.32 Å². The lowest BCUT2D eigenvalue weighted by Gasteiger charge is -2.25. The van der Waals surface area contributed by atoms with Crippen molar-refractivity contribution in [3.05, 3.63) is 89.0 Å². The molecule has 8 heteroatoms. The van der Waals surface area contributed by atoms with Crippen molar-refractivity contribution in [2.24, 2.45) is 0 Å². The Morgan fingerprint density at radius 2 is 1.56 bits per heavy atom. The molecule has 0 saturated carbocycles. The van der Waals surface area contributed by atoms with Crippen molar-refractivity contribution in [1.82, 2.24) is 0 Å². The van der Waals surface area contributed by atoms with Crippen LogP contribution in [0.5, 0.6) is 0 Å². The number of sulfonamides is 1. The highest BCUT2D eigenvalue weighted by Gasteiger charge is 2.28. The van der Waals surface area contributed by atoms with Crippen LogP contribution in [-0.2, 0) is 19.6 Å². The third-order valence-corrected chi connectivity index (χ3v) is 7.00. The number of hydrogen-bond donors (Lipinski definition) is 1. The maximum absolute atomic E-state index is 13.5. The van der Waals surface area contributed by atoms with Gasteiger partial charge in [0.2, 0.25) is 5.91 Å². The molecule has 0 aliphatic heterocycles. The number of nitrogens with one attached hydrogen (secondary N) is 1. The molecule has 0 unspecified atom stereocenters. The molecule has 34 heavy (non-hydrogen) atoms. The smallest absolute Gasteiger partial charge is 0.338 e. The van der Waals surface area contributed by atoms with Crippen molar-refractivity contribution in [2.75, 3.05) is 22.8 Å². The van der Waals surface area contributed by atoms with Crippen LogP contribution in [0.2, 0.25) is 0 Å². The predicted molar refractivity (Wildman–Crippen MR) is 133 cm³/mol. The van der Waals surface area contributed by atoms with E-state index < -0.39 is 28.4 Å². The second-order valence-electron chi connectivity index (χ2n) is 7.92. The summed E-state index contributed by atoms with van der Waals surface area (Å²) < 4.78 is 33.2. The van der Waals surface area contributed by atoms with Gasteiger partial charge in [0, 0.05) is 5.69 Å². The first-order chi connectivity index (χ1) is 16.1. The first kappa shape index (κ1) is 25.0. The van der Waals surface area contributed by atoms with E-state index in [0.29, 0.717) is 22.5 Å². The van der Waals surface area contributed by atoms with Crippen LogP contribution in [0.4, 0.5) is 11.4 Å². The number of aryl methyl sites for hydroxylation is 2. The molecule has 3 aromatic carbocycles. The molecule has 7 nitrogen and oxygen atoms in total. The Hall–Kier alpha value is -3.65. The fourth-order valence-corrected chi connectivity index (χ4v) is 5.08. The maximum atomic E-state index is 13.5. The topological polar surface area (TPSA) is 92.8 Å². The monoisotopic (exact) mass is 480 g/mol. The van der Waals surface area contributed by atoms with Gasteiger partial charge in [0.1, 0.15) is 6.54 Å². The highest BCUT2D eigenvalue weighted by molar-refractivity contribution is 7.92. The standard InChI is InChI=1S/C26H28N2O5S/c1-5-33-26(30)23-12-9-13-24(20(23)4)27-25(29)17-28(21-15-18(2)14-19(3)16-21)34(31,32)22-10-7-6-8-11-22/h6-16H,5,17H2,1-4H3,(H,27,29). The second kappa shape index (κ2) is 10.5. The van der Waals surface area contributed by atoms with Gasteiger partial charge in [-0.05, 0) is 80.8 Å². The molecule has 0 aromatic heterocycles. The van der Waals surface area contributed by atoms with Crippen LogP contribution in [0, 0.1) is 20.8 Å². The molecule has 0 atom stereocenters. The van der Waals surface area contributed by atoms with Crippen molar-refractivity contribution in [1.29, 1.82) is 0 Å². The molecule has 0 saturated heterocycles. The van der Waals surface area contributed by atoms with Crippen LogP contribution >= 0.6 is 0 Å². The van der Waals surface area contributed by atoms with E-state index in [9.17, 15) is 18.0 Å². The molecule has 3 aromatic rings. The van der Waals surface area contributed by atoms with E-state index in [1.165, 1.54) is 12.1 Å². The van der Waals surface area contributed by atoms with Gasteiger partial charge < -0.3 is 10.1 Å². The molecule has 0 spiro atoms. The van der Waals surface area contributed by atoms with Crippen LogP contribution in [0.1, 0.15) is 34.0 Å². The first-order valence-corrected chi connectivity index (χ1v) is 12.3. The molecular formula is C26H28N2O5S. The van der Waals surface area contributed by atoms with Crippen LogP contribution in [0.3, 0.4) is 0 Å². The van der Waals surface area contributed by atoms with Gasteiger partial charge in [-0.15, -0.1) is 0 Å². The number of benzene rings is 3. The number of hydrogen-bond acceptors (Lipinski definition) is 5. The average molecular weight is 481 g/mol. The number of esters is 1. The fraction of sp³-hybridized carbons (Fsp3) is 0.231. The minimum absolute atomic E-state index is 0.0856. The zero-order valence-corrected chi connectivity index (χ0v) is 20.5. The van der Waals surface area contributed by atoms with E-state index in [1.54, 1.807) is 62.4 Å². The minimum Gasteiger partial charge on any atom is -0.462 e. The minimum atomic E-state index is -4.02. The summed E-state index contributed by atoms with van der Waals surface area (Å²) in [5, 5.41) is 2.75. The second-order valence-corrected chi connectivity index (χ2v) is 9.78. The highest BCUT2D eigenvalue weighted by atomic mass is 32.2. The number of amides is 1. The predicted octanol–water partition coefficient (Wildman–Crippen LogP) is 4.62. The van der Waals surface area contributed by atoms with Gasteiger partial charge in [-0.1, -0.05) is 30.3 Å². The molecule has 178 valence electrons. The Morgan fingerprint density at radius 3 is 2.18 bits per heavy atom. The van der Waals surface area contributed by atoms with Gasteiger partial charge >= 0.3 is 5.97 Å². The average Bonchev–Trinajstić information content (AvgIpc) is 2.79. The number of carbonyl (C=O) groups is 2. The highest BCUT2D eigenvalue weighted by Crippen LogP contribution is 2.26. The van der Waals surface area contributed by atoms with E-state index in [1.807, 2.05) is 19.9 Å². The quantitative estimate of drug-likeness (QED) is 0.475. The SMILES string of the molecule is CCOC(=O)c1cccc(NC(=O)CN(c2cc(C)cc(C)c2)S(=O)(=O)c2ccccc2)c1C. The number of ether oxygens (including phenoxy) is 1. The Labute approximate surface area is 200 Å². The third-order valence-electron chi connectivity index (χ3n) is 5.22.